The van der Waals surface area contributed by atoms with Gasteiger partial charge in [-0.3, -0.25) is 0 Å². The highest BCUT2D eigenvalue weighted by atomic mass is 16.3. The van der Waals surface area contributed by atoms with Gasteiger partial charge in [-0.2, -0.15) is 0 Å². The summed E-state index contributed by atoms with van der Waals surface area (Å²) < 4.78 is 0. The Hall–Kier alpha value is -1.02. The topological polar surface area (TPSA) is 40.5 Å². The standard InChI is InChI=1S/C16H20O2/c17-13-4-3-11-9-12-5-8-15(14(11)10-13)6-1-2-7-16(12,15)18/h3-4,10,12,17-18H,1-2,5-9H2/t12-,15+,16-/m1/s1. The largest absolute Gasteiger partial charge is 0.508 e. The number of fused-ring (bicyclic) bond motifs is 1. The van der Waals surface area contributed by atoms with Gasteiger partial charge in [-0.25, -0.2) is 0 Å². The van der Waals surface area contributed by atoms with Gasteiger partial charge in [0.2, 0.25) is 0 Å². The fraction of sp³-hybridized carbons (Fsp3) is 0.625. The van der Waals surface area contributed by atoms with Gasteiger partial charge in [0.1, 0.15) is 5.75 Å². The first-order chi connectivity index (χ1) is 8.66. The first-order valence-electron chi connectivity index (χ1n) is 7.20. The second-order valence-corrected chi connectivity index (χ2v) is 6.49. The molecule has 2 heteroatoms. The summed E-state index contributed by atoms with van der Waals surface area (Å²) in [6.45, 7) is 0. The Kier molecular flexibility index (Phi) is 1.99. The van der Waals surface area contributed by atoms with E-state index < -0.39 is 5.60 Å². The molecule has 0 unspecified atom stereocenters. The van der Waals surface area contributed by atoms with Crippen molar-refractivity contribution in [3.63, 3.8) is 0 Å². The van der Waals surface area contributed by atoms with Crippen LogP contribution in [0.15, 0.2) is 18.2 Å². The van der Waals surface area contributed by atoms with Crippen LogP contribution in [0.2, 0.25) is 0 Å². The predicted molar refractivity (Wildman–Crippen MR) is 69.6 cm³/mol. The van der Waals surface area contributed by atoms with E-state index in [0.29, 0.717) is 11.7 Å². The summed E-state index contributed by atoms with van der Waals surface area (Å²) in [7, 11) is 0. The predicted octanol–water partition coefficient (Wildman–Crippen LogP) is 2.90. The number of hydrogen-bond acceptors (Lipinski definition) is 2. The van der Waals surface area contributed by atoms with Crippen molar-refractivity contribution >= 4 is 0 Å². The molecule has 96 valence electrons. The average Bonchev–Trinajstić information content (AvgIpc) is 2.55. The van der Waals surface area contributed by atoms with Gasteiger partial charge >= 0.3 is 0 Å². The first-order valence-corrected chi connectivity index (χ1v) is 7.20. The van der Waals surface area contributed by atoms with E-state index >= 15 is 0 Å². The summed E-state index contributed by atoms with van der Waals surface area (Å²) in [5.74, 6) is 0.788. The minimum Gasteiger partial charge on any atom is -0.508 e. The molecule has 3 aliphatic carbocycles. The number of phenols is 1. The molecule has 0 amide bonds. The highest BCUT2D eigenvalue weighted by Crippen LogP contribution is 2.63. The Bertz CT molecular complexity index is 510. The molecule has 0 aliphatic heterocycles. The van der Waals surface area contributed by atoms with Crippen LogP contribution in [0.25, 0.3) is 0 Å². The average molecular weight is 244 g/mol. The summed E-state index contributed by atoms with van der Waals surface area (Å²) in [4.78, 5) is 0. The van der Waals surface area contributed by atoms with E-state index in [1.54, 1.807) is 6.07 Å². The highest BCUT2D eigenvalue weighted by Gasteiger charge is 2.63. The van der Waals surface area contributed by atoms with Crippen LogP contribution >= 0.6 is 0 Å². The molecule has 18 heavy (non-hydrogen) atoms. The zero-order chi connectivity index (χ0) is 12.4. The van der Waals surface area contributed by atoms with Crippen LogP contribution < -0.4 is 0 Å². The summed E-state index contributed by atoms with van der Waals surface area (Å²) in [5.41, 5.74) is 2.06. The Morgan fingerprint density at radius 1 is 1.11 bits per heavy atom. The Labute approximate surface area is 108 Å². The van der Waals surface area contributed by atoms with E-state index in [1.807, 2.05) is 6.07 Å². The van der Waals surface area contributed by atoms with Crippen molar-refractivity contribution in [2.45, 2.75) is 56.0 Å². The number of hydrogen-bond donors (Lipinski definition) is 2. The van der Waals surface area contributed by atoms with E-state index in [4.69, 9.17) is 0 Å². The van der Waals surface area contributed by atoms with Crippen LogP contribution in [0.4, 0.5) is 0 Å². The van der Waals surface area contributed by atoms with Gasteiger partial charge < -0.3 is 10.2 Å². The van der Waals surface area contributed by atoms with Gasteiger partial charge in [0, 0.05) is 5.41 Å². The molecule has 0 saturated heterocycles. The van der Waals surface area contributed by atoms with E-state index in [0.717, 1.165) is 38.5 Å². The van der Waals surface area contributed by atoms with E-state index in [9.17, 15) is 10.2 Å². The maximum atomic E-state index is 11.2. The second kappa shape index (κ2) is 3.30. The van der Waals surface area contributed by atoms with E-state index in [2.05, 4.69) is 6.07 Å². The molecule has 2 bridgehead atoms. The summed E-state index contributed by atoms with van der Waals surface area (Å²) >= 11 is 0. The number of rotatable bonds is 0. The summed E-state index contributed by atoms with van der Waals surface area (Å²) in [5, 5.41) is 21.0. The molecule has 2 fully saturated rings. The minimum atomic E-state index is -0.494. The third-order valence-corrected chi connectivity index (χ3v) is 5.91. The molecule has 4 rings (SSSR count). The number of aromatic hydroxyl groups is 1. The number of aliphatic hydroxyl groups is 1. The van der Waals surface area contributed by atoms with Crippen LogP contribution in [0.3, 0.4) is 0 Å². The van der Waals surface area contributed by atoms with Crippen LogP contribution in [-0.2, 0) is 11.8 Å². The smallest absolute Gasteiger partial charge is 0.115 e. The van der Waals surface area contributed by atoms with Crippen molar-refractivity contribution in [2.24, 2.45) is 5.92 Å². The molecule has 0 radical (unpaired) electrons. The lowest BCUT2D eigenvalue weighted by Gasteiger charge is -2.52. The molecule has 0 heterocycles. The van der Waals surface area contributed by atoms with Gasteiger partial charge in [-0.1, -0.05) is 18.9 Å². The summed E-state index contributed by atoms with van der Waals surface area (Å²) in [6, 6.07) is 5.79. The third-order valence-electron chi connectivity index (χ3n) is 5.91. The molecule has 2 N–H and O–H groups in total. The zero-order valence-corrected chi connectivity index (χ0v) is 10.7. The molecular weight excluding hydrogens is 224 g/mol. The van der Waals surface area contributed by atoms with E-state index in [1.165, 1.54) is 17.5 Å². The fourth-order valence-corrected chi connectivity index (χ4v) is 5.10. The molecule has 1 aromatic rings. The summed E-state index contributed by atoms with van der Waals surface area (Å²) in [6.07, 6.45) is 7.65. The molecule has 2 nitrogen and oxygen atoms in total. The van der Waals surface area contributed by atoms with E-state index in [-0.39, 0.29) is 5.41 Å². The van der Waals surface area contributed by atoms with Crippen molar-refractivity contribution in [3.8, 4) is 5.75 Å². The fourth-order valence-electron chi connectivity index (χ4n) is 5.10. The first kappa shape index (κ1) is 10.9. The molecule has 2 saturated carbocycles. The van der Waals surface area contributed by atoms with Crippen molar-refractivity contribution in [2.75, 3.05) is 0 Å². The maximum absolute atomic E-state index is 11.2. The quantitative estimate of drug-likeness (QED) is 0.736. The lowest BCUT2D eigenvalue weighted by atomic mass is 9.55. The molecule has 1 aromatic carbocycles. The molecular formula is C16H20O2. The van der Waals surface area contributed by atoms with Crippen LogP contribution in [0.1, 0.15) is 49.7 Å². The van der Waals surface area contributed by atoms with Crippen LogP contribution in [0, 0.1) is 5.92 Å². The SMILES string of the molecule is Oc1ccc2c(c1)[C@@]13CCCC[C@@]1(O)[C@H](CC3)C2. The lowest BCUT2D eigenvalue weighted by Crippen LogP contribution is -2.56. The second-order valence-electron chi connectivity index (χ2n) is 6.49. The monoisotopic (exact) mass is 244 g/mol. The van der Waals surface area contributed by atoms with Crippen LogP contribution in [0.5, 0.6) is 5.75 Å². The Morgan fingerprint density at radius 2 is 1.94 bits per heavy atom. The Balaban J connectivity index is 1.97. The molecule has 0 spiro atoms. The normalized spacial score (nSPS) is 41.3. The molecule has 3 aliphatic rings. The van der Waals surface area contributed by atoms with Crippen molar-refractivity contribution in [3.05, 3.63) is 29.3 Å². The van der Waals surface area contributed by atoms with Crippen molar-refractivity contribution < 1.29 is 10.2 Å². The van der Waals surface area contributed by atoms with Gasteiger partial charge in [0.05, 0.1) is 5.60 Å². The number of phenolic OH excluding ortho intramolecular Hbond substituents is 1. The van der Waals surface area contributed by atoms with Crippen LogP contribution in [-0.4, -0.2) is 15.8 Å². The minimum absolute atomic E-state index is 0.0533. The van der Waals surface area contributed by atoms with Gasteiger partial charge in [-0.05, 0) is 61.3 Å². The van der Waals surface area contributed by atoms with Gasteiger partial charge in [-0.15, -0.1) is 0 Å². The van der Waals surface area contributed by atoms with Gasteiger partial charge in [0.25, 0.3) is 0 Å². The van der Waals surface area contributed by atoms with Crippen molar-refractivity contribution in [1.29, 1.82) is 0 Å². The zero-order valence-electron chi connectivity index (χ0n) is 10.7. The lowest BCUT2D eigenvalue weighted by molar-refractivity contribution is -0.0882. The molecule has 3 atom stereocenters. The van der Waals surface area contributed by atoms with Gasteiger partial charge in [0.15, 0.2) is 0 Å². The van der Waals surface area contributed by atoms with Crippen molar-refractivity contribution in [1.82, 2.24) is 0 Å². The number of benzene rings is 1. The Morgan fingerprint density at radius 3 is 2.83 bits per heavy atom. The highest BCUT2D eigenvalue weighted by molar-refractivity contribution is 5.47. The third kappa shape index (κ3) is 1.08. The maximum Gasteiger partial charge on any atom is 0.115 e. The molecule has 0 aromatic heterocycles.